The zero-order valence-electron chi connectivity index (χ0n) is 12.6. The molecule has 1 atom stereocenters. The van der Waals surface area contributed by atoms with E-state index in [0.717, 1.165) is 24.9 Å². The Balaban J connectivity index is 1.88. The molecule has 2 heterocycles. The summed E-state index contributed by atoms with van der Waals surface area (Å²) in [6.07, 6.45) is 5.79. The van der Waals surface area contributed by atoms with E-state index in [2.05, 4.69) is 10.3 Å². The lowest BCUT2D eigenvalue weighted by molar-refractivity contribution is -0.128. The second-order valence-corrected chi connectivity index (χ2v) is 5.40. The van der Waals surface area contributed by atoms with Gasteiger partial charge in [-0.2, -0.15) is 0 Å². The first-order chi connectivity index (χ1) is 10.1. The minimum Gasteiger partial charge on any atom is -0.349 e. The van der Waals surface area contributed by atoms with Gasteiger partial charge in [-0.05, 0) is 30.5 Å². The maximum atomic E-state index is 12.3. The molecular weight excluding hydrogens is 268 g/mol. The number of aromatic nitrogens is 1. The quantitative estimate of drug-likeness (QED) is 0.911. The summed E-state index contributed by atoms with van der Waals surface area (Å²) < 4.78 is 0. The lowest BCUT2D eigenvalue weighted by atomic mass is 10.1. The Morgan fingerprint density at radius 3 is 2.76 bits per heavy atom. The van der Waals surface area contributed by atoms with Crippen molar-refractivity contribution in [3.05, 3.63) is 30.1 Å². The van der Waals surface area contributed by atoms with Crippen LogP contribution < -0.4 is 5.32 Å². The van der Waals surface area contributed by atoms with Crippen molar-refractivity contribution in [1.29, 1.82) is 0 Å². The van der Waals surface area contributed by atoms with Crippen LogP contribution in [0.3, 0.4) is 0 Å². The first kappa shape index (κ1) is 15.3. The molecule has 1 aliphatic heterocycles. The van der Waals surface area contributed by atoms with Gasteiger partial charge >= 0.3 is 6.03 Å². The topological polar surface area (TPSA) is 65.5 Å². The van der Waals surface area contributed by atoms with E-state index in [-0.39, 0.29) is 18.0 Å². The standard InChI is InChI=1S/C15H22N4O2/c1-18(2)14(20)7-10-17-15(21)19-11-3-4-13(19)12-5-8-16-9-6-12/h5-6,8-9,13H,3-4,7,10-11H2,1-2H3,(H,17,21). The number of hydrogen-bond donors (Lipinski definition) is 1. The maximum Gasteiger partial charge on any atom is 0.317 e. The average molecular weight is 290 g/mol. The molecular formula is C15H22N4O2. The minimum absolute atomic E-state index is 0.0161. The number of carbonyl (C=O) groups excluding carboxylic acids is 2. The molecule has 3 amide bonds. The lowest BCUT2D eigenvalue weighted by Gasteiger charge is -2.25. The van der Waals surface area contributed by atoms with Crippen LogP contribution in [-0.2, 0) is 4.79 Å². The Morgan fingerprint density at radius 1 is 1.38 bits per heavy atom. The van der Waals surface area contributed by atoms with E-state index in [4.69, 9.17) is 0 Å². The Kier molecular flexibility index (Phi) is 5.14. The summed E-state index contributed by atoms with van der Waals surface area (Å²) in [6, 6.07) is 3.91. The molecule has 0 aromatic carbocycles. The van der Waals surface area contributed by atoms with Gasteiger partial charge in [0.2, 0.25) is 5.91 Å². The number of likely N-dealkylation sites (tertiary alicyclic amines) is 1. The van der Waals surface area contributed by atoms with Crippen LogP contribution in [0.2, 0.25) is 0 Å². The zero-order chi connectivity index (χ0) is 15.2. The van der Waals surface area contributed by atoms with Crippen LogP contribution in [0.15, 0.2) is 24.5 Å². The van der Waals surface area contributed by atoms with E-state index < -0.39 is 0 Å². The molecule has 1 unspecified atom stereocenters. The molecule has 2 rings (SSSR count). The highest BCUT2D eigenvalue weighted by molar-refractivity contribution is 5.78. The number of carbonyl (C=O) groups is 2. The second kappa shape index (κ2) is 7.06. The van der Waals surface area contributed by atoms with Gasteiger partial charge in [-0.1, -0.05) is 0 Å². The van der Waals surface area contributed by atoms with Gasteiger partial charge in [0.1, 0.15) is 0 Å². The first-order valence-corrected chi connectivity index (χ1v) is 7.24. The smallest absolute Gasteiger partial charge is 0.317 e. The Labute approximate surface area is 125 Å². The van der Waals surface area contributed by atoms with Crippen molar-refractivity contribution in [3.63, 3.8) is 0 Å². The highest BCUT2D eigenvalue weighted by Crippen LogP contribution is 2.31. The molecule has 1 aliphatic rings. The van der Waals surface area contributed by atoms with Crippen LogP contribution in [0.25, 0.3) is 0 Å². The van der Waals surface area contributed by atoms with Gasteiger partial charge in [-0.3, -0.25) is 9.78 Å². The molecule has 1 saturated heterocycles. The summed E-state index contributed by atoms with van der Waals surface area (Å²) in [5, 5.41) is 2.83. The van der Waals surface area contributed by atoms with Crippen molar-refractivity contribution in [2.45, 2.75) is 25.3 Å². The molecule has 114 valence electrons. The fraction of sp³-hybridized carbons (Fsp3) is 0.533. The highest BCUT2D eigenvalue weighted by atomic mass is 16.2. The van der Waals surface area contributed by atoms with Crippen LogP contribution in [0.1, 0.15) is 30.9 Å². The lowest BCUT2D eigenvalue weighted by Crippen LogP contribution is -2.40. The number of nitrogens with one attached hydrogen (secondary N) is 1. The Hall–Kier alpha value is -2.11. The SMILES string of the molecule is CN(C)C(=O)CCNC(=O)N1CCCC1c1ccncc1. The predicted molar refractivity (Wildman–Crippen MR) is 79.6 cm³/mol. The summed E-state index contributed by atoms with van der Waals surface area (Å²) in [5.74, 6) is 0.0161. The van der Waals surface area contributed by atoms with Crippen LogP contribution >= 0.6 is 0 Å². The molecule has 6 nitrogen and oxygen atoms in total. The van der Waals surface area contributed by atoms with Crippen molar-refractivity contribution in [2.75, 3.05) is 27.2 Å². The molecule has 1 aromatic rings. The Morgan fingerprint density at radius 2 is 2.10 bits per heavy atom. The molecule has 1 fully saturated rings. The average Bonchev–Trinajstić information content (AvgIpc) is 2.97. The van der Waals surface area contributed by atoms with Crippen LogP contribution in [-0.4, -0.2) is 53.9 Å². The van der Waals surface area contributed by atoms with Crippen molar-refractivity contribution >= 4 is 11.9 Å². The van der Waals surface area contributed by atoms with Crippen molar-refractivity contribution in [2.24, 2.45) is 0 Å². The van der Waals surface area contributed by atoms with Gasteiger partial charge in [0, 0.05) is 46.0 Å². The summed E-state index contributed by atoms with van der Waals surface area (Å²) in [7, 11) is 3.42. The molecule has 0 saturated carbocycles. The van der Waals surface area contributed by atoms with Gasteiger partial charge in [0.15, 0.2) is 0 Å². The second-order valence-electron chi connectivity index (χ2n) is 5.40. The van der Waals surface area contributed by atoms with Gasteiger partial charge in [-0.15, -0.1) is 0 Å². The number of nitrogens with zero attached hydrogens (tertiary/aromatic N) is 3. The molecule has 0 radical (unpaired) electrons. The van der Waals surface area contributed by atoms with Crippen LogP contribution in [0.4, 0.5) is 4.79 Å². The molecule has 0 bridgehead atoms. The number of amides is 3. The van der Waals surface area contributed by atoms with E-state index in [1.807, 2.05) is 17.0 Å². The highest BCUT2D eigenvalue weighted by Gasteiger charge is 2.29. The summed E-state index contributed by atoms with van der Waals surface area (Å²) in [4.78, 5) is 31.1. The van der Waals surface area contributed by atoms with E-state index in [9.17, 15) is 9.59 Å². The third kappa shape index (κ3) is 3.93. The number of hydrogen-bond acceptors (Lipinski definition) is 3. The number of rotatable bonds is 4. The summed E-state index contributed by atoms with van der Waals surface area (Å²) in [6.45, 7) is 1.12. The molecule has 0 aliphatic carbocycles. The van der Waals surface area contributed by atoms with E-state index in [1.165, 1.54) is 4.90 Å². The van der Waals surface area contributed by atoms with Crippen molar-refractivity contribution in [1.82, 2.24) is 20.1 Å². The van der Waals surface area contributed by atoms with E-state index in [0.29, 0.717) is 13.0 Å². The van der Waals surface area contributed by atoms with Gasteiger partial charge in [0.25, 0.3) is 0 Å². The van der Waals surface area contributed by atoms with E-state index in [1.54, 1.807) is 26.5 Å². The van der Waals surface area contributed by atoms with Crippen molar-refractivity contribution < 1.29 is 9.59 Å². The van der Waals surface area contributed by atoms with Gasteiger partial charge in [-0.25, -0.2) is 4.79 Å². The normalized spacial score (nSPS) is 17.6. The predicted octanol–water partition coefficient (Wildman–Crippen LogP) is 1.41. The van der Waals surface area contributed by atoms with Gasteiger partial charge < -0.3 is 15.1 Å². The molecule has 1 aromatic heterocycles. The molecule has 6 heteroatoms. The summed E-state index contributed by atoms with van der Waals surface area (Å²) >= 11 is 0. The number of urea groups is 1. The van der Waals surface area contributed by atoms with E-state index >= 15 is 0 Å². The third-order valence-corrected chi connectivity index (χ3v) is 3.72. The maximum absolute atomic E-state index is 12.3. The largest absolute Gasteiger partial charge is 0.349 e. The minimum atomic E-state index is -0.0964. The molecule has 1 N–H and O–H groups in total. The van der Waals surface area contributed by atoms with Crippen LogP contribution in [0.5, 0.6) is 0 Å². The fourth-order valence-electron chi connectivity index (χ4n) is 2.54. The first-order valence-electron chi connectivity index (χ1n) is 7.24. The number of pyridine rings is 1. The summed E-state index contributed by atoms with van der Waals surface area (Å²) in [5.41, 5.74) is 1.11. The zero-order valence-corrected chi connectivity index (χ0v) is 12.6. The van der Waals surface area contributed by atoms with Gasteiger partial charge in [0.05, 0.1) is 6.04 Å². The van der Waals surface area contributed by atoms with Crippen molar-refractivity contribution in [3.8, 4) is 0 Å². The third-order valence-electron chi connectivity index (χ3n) is 3.72. The molecule has 0 spiro atoms. The monoisotopic (exact) mass is 290 g/mol. The van der Waals surface area contributed by atoms with Crippen LogP contribution in [0, 0.1) is 0 Å². The fourth-order valence-corrected chi connectivity index (χ4v) is 2.54. The Bertz CT molecular complexity index is 490. The molecule has 21 heavy (non-hydrogen) atoms.